The highest BCUT2D eigenvalue weighted by molar-refractivity contribution is 8.00. The van der Waals surface area contributed by atoms with Crippen LogP contribution in [0.4, 0.5) is 5.69 Å². The molecule has 1 heterocycles. The molecule has 0 bridgehead atoms. The summed E-state index contributed by atoms with van der Waals surface area (Å²) in [5.74, 6) is 1.64. The lowest BCUT2D eigenvalue weighted by Gasteiger charge is -2.30. The third-order valence-corrected chi connectivity index (χ3v) is 4.80. The van der Waals surface area contributed by atoms with Crippen molar-refractivity contribution >= 4 is 17.4 Å². The number of fused-ring (bicyclic) bond motifs is 1. The van der Waals surface area contributed by atoms with Crippen molar-refractivity contribution in [3.05, 3.63) is 17.7 Å². The first-order valence-corrected chi connectivity index (χ1v) is 6.59. The van der Waals surface area contributed by atoms with Crippen LogP contribution in [0.1, 0.15) is 19.4 Å². The normalized spacial score (nSPS) is 19.2. The van der Waals surface area contributed by atoms with E-state index in [9.17, 15) is 0 Å². The van der Waals surface area contributed by atoms with Crippen LogP contribution < -0.4 is 10.1 Å². The molecule has 1 aromatic rings. The molecule has 3 heteroatoms. The number of benzene rings is 1. The van der Waals surface area contributed by atoms with Crippen LogP contribution in [0.25, 0.3) is 0 Å². The van der Waals surface area contributed by atoms with Crippen molar-refractivity contribution < 1.29 is 4.74 Å². The van der Waals surface area contributed by atoms with Crippen molar-refractivity contribution in [2.45, 2.75) is 30.9 Å². The molecule has 88 valence electrons. The SMILES string of the molecule is COc1ccc(C)c2c1NCC(C(C)C)S2. The van der Waals surface area contributed by atoms with Crippen LogP contribution in [0.15, 0.2) is 17.0 Å². The lowest BCUT2D eigenvalue weighted by molar-refractivity contribution is 0.415. The van der Waals surface area contributed by atoms with Crippen LogP contribution in [0.3, 0.4) is 0 Å². The number of methoxy groups -OCH3 is 1. The number of rotatable bonds is 2. The second kappa shape index (κ2) is 4.58. The Morgan fingerprint density at radius 2 is 2.19 bits per heavy atom. The van der Waals surface area contributed by atoms with E-state index in [-0.39, 0.29) is 0 Å². The molecule has 1 aliphatic heterocycles. The van der Waals surface area contributed by atoms with Crippen LogP contribution >= 0.6 is 11.8 Å². The van der Waals surface area contributed by atoms with E-state index >= 15 is 0 Å². The van der Waals surface area contributed by atoms with Gasteiger partial charge < -0.3 is 10.1 Å². The molecule has 0 radical (unpaired) electrons. The van der Waals surface area contributed by atoms with Crippen LogP contribution in [0, 0.1) is 12.8 Å². The quantitative estimate of drug-likeness (QED) is 0.850. The fourth-order valence-electron chi connectivity index (χ4n) is 1.93. The van der Waals surface area contributed by atoms with Gasteiger partial charge in [-0.2, -0.15) is 0 Å². The van der Waals surface area contributed by atoms with E-state index in [2.05, 4.69) is 32.2 Å². The lowest BCUT2D eigenvalue weighted by Crippen LogP contribution is -2.26. The molecule has 1 aliphatic rings. The Balaban J connectivity index is 2.37. The van der Waals surface area contributed by atoms with Gasteiger partial charge in [-0.25, -0.2) is 0 Å². The molecule has 0 aromatic heterocycles. The summed E-state index contributed by atoms with van der Waals surface area (Å²) in [6, 6.07) is 4.17. The number of hydrogen-bond donors (Lipinski definition) is 1. The Kier molecular flexibility index (Phi) is 3.33. The first kappa shape index (κ1) is 11.6. The molecular weight excluding hydrogens is 218 g/mol. The Bertz CT molecular complexity index is 390. The van der Waals surface area contributed by atoms with E-state index < -0.39 is 0 Å². The van der Waals surface area contributed by atoms with E-state index in [1.54, 1.807) is 7.11 Å². The van der Waals surface area contributed by atoms with Crippen molar-refractivity contribution in [3.63, 3.8) is 0 Å². The van der Waals surface area contributed by atoms with Crippen molar-refractivity contribution in [2.24, 2.45) is 5.92 Å². The summed E-state index contributed by atoms with van der Waals surface area (Å²) in [4.78, 5) is 1.35. The minimum absolute atomic E-state index is 0.651. The van der Waals surface area contributed by atoms with Gasteiger partial charge in [0.15, 0.2) is 0 Å². The number of aryl methyl sites for hydroxylation is 1. The monoisotopic (exact) mass is 237 g/mol. The summed E-state index contributed by atoms with van der Waals surface area (Å²) in [6.45, 7) is 7.74. The maximum atomic E-state index is 5.39. The van der Waals surface area contributed by atoms with Crippen LogP contribution in [0.2, 0.25) is 0 Å². The van der Waals surface area contributed by atoms with Crippen molar-refractivity contribution in [3.8, 4) is 5.75 Å². The summed E-state index contributed by atoms with van der Waals surface area (Å²) in [5, 5.41) is 4.16. The lowest BCUT2D eigenvalue weighted by atomic mass is 10.1. The van der Waals surface area contributed by atoms with Gasteiger partial charge in [0, 0.05) is 16.7 Å². The fourth-order valence-corrected chi connectivity index (χ4v) is 3.21. The second-order valence-electron chi connectivity index (χ2n) is 4.57. The van der Waals surface area contributed by atoms with E-state index in [0.29, 0.717) is 11.2 Å². The number of ether oxygens (including phenoxy) is 1. The van der Waals surface area contributed by atoms with Gasteiger partial charge in [-0.05, 0) is 24.5 Å². The minimum atomic E-state index is 0.651. The highest BCUT2D eigenvalue weighted by Crippen LogP contribution is 2.44. The topological polar surface area (TPSA) is 21.3 Å². The Labute approximate surface area is 102 Å². The zero-order chi connectivity index (χ0) is 11.7. The summed E-state index contributed by atoms with van der Waals surface area (Å²) in [6.07, 6.45) is 0. The van der Waals surface area contributed by atoms with Crippen molar-refractivity contribution in [1.82, 2.24) is 0 Å². The third kappa shape index (κ3) is 2.01. The summed E-state index contributed by atoms with van der Waals surface area (Å²) >= 11 is 1.98. The van der Waals surface area contributed by atoms with Gasteiger partial charge in [0.05, 0.1) is 12.8 Å². The smallest absolute Gasteiger partial charge is 0.143 e. The molecule has 0 saturated heterocycles. The molecule has 0 amide bonds. The van der Waals surface area contributed by atoms with Gasteiger partial charge >= 0.3 is 0 Å². The van der Waals surface area contributed by atoms with Crippen LogP contribution in [0.5, 0.6) is 5.75 Å². The van der Waals surface area contributed by atoms with Crippen LogP contribution in [-0.2, 0) is 0 Å². The summed E-state index contributed by atoms with van der Waals surface area (Å²) in [7, 11) is 1.73. The van der Waals surface area contributed by atoms with Crippen molar-refractivity contribution in [2.75, 3.05) is 19.0 Å². The molecule has 2 nitrogen and oxygen atoms in total. The standard InChI is InChI=1S/C13H19NOS/c1-8(2)11-7-14-12-10(15-4)6-5-9(3)13(12)16-11/h5-6,8,11,14H,7H2,1-4H3. The molecule has 0 aliphatic carbocycles. The maximum Gasteiger partial charge on any atom is 0.143 e. The number of thioether (sulfide) groups is 1. The van der Waals surface area contributed by atoms with Crippen LogP contribution in [-0.4, -0.2) is 18.9 Å². The van der Waals surface area contributed by atoms with Gasteiger partial charge in [-0.1, -0.05) is 19.9 Å². The summed E-state index contributed by atoms with van der Waals surface area (Å²) in [5.41, 5.74) is 2.50. The minimum Gasteiger partial charge on any atom is -0.495 e. The van der Waals surface area contributed by atoms with Gasteiger partial charge in [0.25, 0.3) is 0 Å². The largest absolute Gasteiger partial charge is 0.495 e. The zero-order valence-electron chi connectivity index (χ0n) is 10.3. The van der Waals surface area contributed by atoms with E-state index in [0.717, 1.165) is 12.3 Å². The highest BCUT2D eigenvalue weighted by Gasteiger charge is 2.24. The van der Waals surface area contributed by atoms with E-state index in [1.807, 2.05) is 17.8 Å². The molecule has 0 fully saturated rings. The molecule has 0 saturated carbocycles. The molecule has 2 rings (SSSR count). The van der Waals surface area contributed by atoms with E-state index in [4.69, 9.17) is 4.74 Å². The number of anilines is 1. The Morgan fingerprint density at radius 1 is 1.44 bits per heavy atom. The van der Waals surface area contributed by atoms with Gasteiger partial charge in [-0.15, -0.1) is 11.8 Å². The first-order valence-electron chi connectivity index (χ1n) is 5.71. The van der Waals surface area contributed by atoms with Crippen molar-refractivity contribution in [1.29, 1.82) is 0 Å². The van der Waals surface area contributed by atoms with Gasteiger partial charge in [0.1, 0.15) is 5.75 Å². The Hall–Kier alpha value is -0.830. The van der Waals surface area contributed by atoms with Gasteiger partial charge in [0.2, 0.25) is 0 Å². The molecular formula is C13H19NOS. The second-order valence-corrected chi connectivity index (χ2v) is 5.82. The number of hydrogen-bond acceptors (Lipinski definition) is 3. The molecule has 1 N–H and O–H groups in total. The molecule has 1 unspecified atom stereocenters. The summed E-state index contributed by atoms with van der Waals surface area (Å²) < 4.78 is 5.39. The average Bonchev–Trinajstić information content (AvgIpc) is 2.29. The molecule has 1 aromatic carbocycles. The number of nitrogens with one attached hydrogen (secondary N) is 1. The zero-order valence-corrected chi connectivity index (χ0v) is 11.1. The molecule has 16 heavy (non-hydrogen) atoms. The molecule has 0 spiro atoms. The average molecular weight is 237 g/mol. The van der Waals surface area contributed by atoms with E-state index in [1.165, 1.54) is 16.1 Å². The predicted molar refractivity (Wildman–Crippen MR) is 70.7 cm³/mol. The fraction of sp³-hybridized carbons (Fsp3) is 0.538. The first-order chi connectivity index (χ1) is 7.63. The highest BCUT2D eigenvalue weighted by atomic mass is 32.2. The molecule has 1 atom stereocenters. The third-order valence-electron chi connectivity index (χ3n) is 3.03. The maximum absolute atomic E-state index is 5.39. The van der Waals surface area contributed by atoms with Gasteiger partial charge in [-0.3, -0.25) is 0 Å². The Morgan fingerprint density at radius 3 is 2.81 bits per heavy atom. The predicted octanol–water partition coefficient (Wildman–Crippen LogP) is 3.55.